The minimum absolute atomic E-state index is 0.262. The van der Waals surface area contributed by atoms with Gasteiger partial charge < -0.3 is 9.36 Å². The van der Waals surface area contributed by atoms with Gasteiger partial charge in [0.25, 0.3) is 0 Å². The number of carbonyl (C=O) groups excluding carboxylic acids is 1. The van der Waals surface area contributed by atoms with Gasteiger partial charge in [-0.1, -0.05) is 18.2 Å². The normalized spacial score (nSPS) is 11.0. The highest BCUT2D eigenvalue weighted by atomic mass is 79.9. The second-order valence-corrected chi connectivity index (χ2v) is 5.17. The molecule has 17 heavy (non-hydrogen) atoms. The molecule has 0 aliphatic carbocycles. The van der Waals surface area contributed by atoms with Crippen molar-refractivity contribution in [2.24, 2.45) is 0 Å². The highest BCUT2D eigenvalue weighted by molar-refractivity contribution is 9.10. The largest absolute Gasteiger partial charge is 0.344 e. The maximum absolute atomic E-state index is 11.0. The summed E-state index contributed by atoms with van der Waals surface area (Å²) in [7, 11) is 0. The Bertz CT molecular complexity index is 557. The molecule has 3 heteroatoms. The second-order valence-electron chi connectivity index (χ2n) is 4.37. The van der Waals surface area contributed by atoms with Crippen molar-refractivity contribution in [3.8, 4) is 0 Å². The van der Waals surface area contributed by atoms with Crippen molar-refractivity contribution in [2.45, 2.75) is 33.2 Å². The summed E-state index contributed by atoms with van der Waals surface area (Å²) in [5, 5.41) is 1.24. The third-order valence-corrected chi connectivity index (χ3v) is 4.07. The van der Waals surface area contributed by atoms with Crippen LogP contribution in [0.25, 0.3) is 10.9 Å². The molecular formula is C14H16BrNO. The molecule has 2 aromatic rings. The highest BCUT2D eigenvalue weighted by Crippen LogP contribution is 2.30. The third kappa shape index (κ3) is 2.44. The third-order valence-electron chi connectivity index (χ3n) is 3.06. The van der Waals surface area contributed by atoms with Crippen LogP contribution in [0.15, 0.2) is 28.7 Å². The van der Waals surface area contributed by atoms with Crippen molar-refractivity contribution in [2.75, 3.05) is 0 Å². The fourth-order valence-corrected chi connectivity index (χ4v) is 2.71. The molecule has 0 saturated heterocycles. The first kappa shape index (κ1) is 12.4. The van der Waals surface area contributed by atoms with Crippen LogP contribution in [0, 0.1) is 6.92 Å². The van der Waals surface area contributed by atoms with Gasteiger partial charge in [-0.3, -0.25) is 0 Å². The molecule has 0 atom stereocenters. The summed E-state index contributed by atoms with van der Waals surface area (Å²) in [6, 6.07) is 8.34. The fraction of sp³-hybridized carbons (Fsp3) is 0.357. The van der Waals surface area contributed by atoms with Crippen molar-refractivity contribution in [1.29, 1.82) is 0 Å². The van der Waals surface area contributed by atoms with E-state index >= 15 is 0 Å². The van der Waals surface area contributed by atoms with E-state index < -0.39 is 0 Å². The van der Waals surface area contributed by atoms with E-state index in [2.05, 4.69) is 45.6 Å². The molecule has 0 aliphatic rings. The lowest BCUT2D eigenvalue weighted by atomic mass is 10.2. The molecule has 2 rings (SSSR count). The number of hydrogen-bond donors (Lipinski definition) is 0. The maximum atomic E-state index is 11.0. The van der Waals surface area contributed by atoms with E-state index in [1.54, 1.807) is 6.92 Å². The van der Waals surface area contributed by atoms with E-state index in [1.807, 2.05) is 6.07 Å². The average Bonchev–Trinajstić information content (AvgIpc) is 2.54. The van der Waals surface area contributed by atoms with Gasteiger partial charge in [-0.25, -0.2) is 0 Å². The van der Waals surface area contributed by atoms with Crippen LogP contribution in [0.3, 0.4) is 0 Å². The van der Waals surface area contributed by atoms with Gasteiger partial charge in [0, 0.05) is 34.0 Å². The van der Waals surface area contributed by atoms with Crippen LogP contribution < -0.4 is 0 Å². The average molecular weight is 294 g/mol. The number of ketones is 1. The zero-order valence-electron chi connectivity index (χ0n) is 10.2. The number of aromatic nitrogens is 1. The van der Waals surface area contributed by atoms with E-state index in [9.17, 15) is 4.79 Å². The molecule has 2 nitrogen and oxygen atoms in total. The number of fused-ring (bicyclic) bond motifs is 1. The molecule has 0 spiro atoms. The van der Waals surface area contributed by atoms with Crippen LogP contribution in [-0.2, 0) is 11.3 Å². The highest BCUT2D eigenvalue weighted by Gasteiger charge is 2.10. The van der Waals surface area contributed by atoms with Gasteiger partial charge in [-0.05, 0) is 42.3 Å². The smallest absolute Gasteiger partial charge is 0.129 e. The van der Waals surface area contributed by atoms with E-state index in [0.717, 1.165) is 17.4 Å². The number of halogens is 1. The molecule has 1 aromatic carbocycles. The van der Waals surface area contributed by atoms with Crippen LogP contribution in [0.4, 0.5) is 0 Å². The van der Waals surface area contributed by atoms with Crippen molar-refractivity contribution < 1.29 is 4.79 Å². The number of nitrogens with zero attached hydrogens (tertiary/aromatic N) is 1. The molecule has 0 aliphatic heterocycles. The number of benzene rings is 1. The summed E-state index contributed by atoms with van der Waals surface area (Å²) in [5.41, 5.74) is 2.47. The van der Waals surface area contributed by atoms with Gasteiger partial charge in [-0.15, -0.1) is 0 Å². The Labute approximate surface area is 110 Å². The Morgan fingerprint density at radius 1 is 1.35 bits per heavy atom. The number of carbonyl (C=O) groups is 1. The lowest BCUT2D eigenvalue weighted by molar-refractivity contribution is -0.117. The monoisotopic (exact) mass is 293 g/mol. The van der Waals surface area contributed by atoms with Crippen molar-refractivity contribution >= 4 is 32.6 Å². The number of para-hydroxylation sites is 1. The Morgan fingerprint density at radius 2 is 2.06 bits per heavy atom. The zero-order valence-corrected chi connectivity index (χ0v) is 11.8. The summed E-state index contributed by atoms with van der Waals surface area (Å²) in [6.45, 7) is 4.66. The quantitative estimate of drug-likeness (QED) is 0.832. The summed E-state index contributed by atoms with van der Waals surface area (Å²) in [5.74, 6) is 0.262. The van der Waals surface area contributed by atoms with E-state index in [0.29, 0.717) is 6.42 Å². The van der Waals surface area contributed by atoms with Gasteiger partial charge in [0.2, 0.25) is 0 Å². The van der Waals surface area contributed by atoms with Crippen LogP contribution in [0.2, 0.25) is 0 Å². The molecule has 0 amide bonds. The molecule has 1 heterocycles. The topological polar surface area (TPSA) is 22.0 Å². The molecular weight excluding hydrogens is 278 g/mol. The first-order valence-electron chi connectivity index (χ1n) is 5.84. The van der Waals surface area contributed by atoms with Crippen LogP contribution in [-0.4, -0.2) is 10.4 Å². The summed E-state index contributed by atoms with van der Waals surface area (Å²) in [6.07, 6.45) is 1.56. The van der Waals surface area contributed by atoms with Gasteiger partial charge in [0.15, 0.2) is 0 Å². The zero-order chi connectivity index (χ0) is 12.4. The minimum atomic E-state index is 0.262. The predicted octanol–water partition coefficient (Wildman–Crippen LogP) is 4.08. The van der Waals surface area contributed by atoms with Gasteiger partial charge >= 0.3 is 0 Å². The number of Topliss-reactive ketones (excluding diaryl/α,β-unsaturated/α-hetero) is 1. The lowest BCUT2D eigenvalue weighted by Gasteiger charge is -2.07. The number of rotatable bonds is 4. The van der Waals surface area contributed by atoms with E-state index in [1.165, 1.54) is 16.6 Å². The Balaban J connectivity index is 2.33. The first-order chi connectivity index (χ1) is 8.11. The number of hydrogen-bond acceptors (Lipinski definition) is 1. The van der Waals surface area contributed by atoms with Crippen LogP contribution in [0.5, 0.6) is 0 Å². The van der Waals surface area contributed by atoms with Crippen LogP contribution >= 0.6 is 15.9 Å². The Kier molecular flexibility index (Phi) is 3.67. The number of aryl methyl sites for hydroxylation is 1. The maximum Gasteiger partial charge on any atom is 0.129 e. The van der Waals surface area contributed by atoms with E-state index in [4.69, 9.17) is 0 Å². The Morgan fingerprint density at radius 3 is 2.76 bits per heavy atom. The molecule has 1 aromatic heterocycles. The van der Waals surface area contributed by atoms with Gasteiger partial charge in [0.05, 0.1) is 0 Å². The van der Waals surface area contributed by atoms with Crippen molar-refractivity contribution in [1.82, 2.24) is 4.57 Å². The van der Waals surface area contributed by atoms with Crippen molar-refractivity contribution in [3.63, 3.8) is 0 Å². The predicted molar refractivity (Wildman–Crippen MR) is 74.3 cm³/mol. The molecule has 0 fully saturated rings. The van der Waals surface area contributed by atoms with Crippen molar-refractivity contribution in [3.05, 3.63) is 34.4 Å². The standard InChI is InChI=1S/C14H16BrNO/c1-10(17)6-5-9-16-11(2)14(15)12-7-3-4-8-13(12)16/h3-4,7-8H,5-6,9H2,1-2H3. The fourth-order valence-electron chi connectivity index (χ4n) is 2.16. The van der Waals surface area contributed by atoms with Crippen LogP contribution in [0.1, 0.15) is 25.5 Å². The summed E-state index contributed by atoms with van der Waals surface area (Å²) >= 11 is 3.63. The summed E-state index contributed by atoms with van der Waals surface area (Å²) < 4.78 is 3.44. The SMILES string of the molecule is CC(=O)CCCn1c(C)c(Br)c2ccccc21. The Hall–Kier alpha value is -1.09. The lowest BCUT2D eigenvalue weighted by Crippen LogP contribution is -2.02. The van der Waals surface area contributed by atoms with Gasteiger partial charge in [-0.2, -0.15) is 0 Å². The minimum Gasteiger partial charge on any atom is -0.344 e. The van der Waals surface area contributed by atoms with E-state index in [-0.39, 0.29) is 5.78 Å². The first-order valence-corrected chi connectivity index (χ1v) is 6.63. The molecule has 90 valence electrons. The molecule has 0 N–H and O–H groups in total. The second kappa shape index (κ2) is 5.05. The molecule has 0 unspecified atom stereocenters. The molecule has 0 bridgehead atoms. The van der Waals surface area contributed by atoms with Gasteiger partial charge in [0.1, 0.15) is 5.78 Å². The molecule has 0 radical (unpaired) electrons. The molecule has 0 saturated carbocycles. The summed E-state index contributed by atoms with van der Waals surface area (Å²) in [4.78, 5) is 11.0.